The van der Waals surface area contributed by atoms with Gasteiger partial charge in [-0.05, 0) is 18.6 Å². The Bertz CT molecular complexity index is 699. The van der Waals surface area contributed by atoms with Crippen molar-refractivity contribution in [1.82, 2.24) is 9.97 Å². The highest BCUT2D eigenvalue weighted by Gasteiger charge is 2.20. The predicted octanol–water partition coefficient (Wildman–Crippen LogP) is 1.97. The van der Waals surface area contributed by atoms with Crippen molar-refractivity contribution in [3.8, 4) is 11.5 Å². The first-order chi connectivity index (χ1) is 10.7. The third-order valence-electron chi connectivity index (χ3n) is 3.37. The fourth-order valence-corrected chi connectivity index (χ4v) is 2.35. The van der Waals surface area contributed by atoms with Gasteiger partial charge < -0.3 is 14.8 Å². The smallest absolute Gasteiger partial charge is 0.252 e. The van der Waals surface area contributed by atoms with E-state index in [0.29, 0.717) is 19.1 Å². The lowest BCUT2D eigenvalue weighted by Crippen LogP contribution is -2.35. The highest BCUT2D eigenvalue weighted by Crippen LogP contribution is 2.30. The van der Waals surface area contributed by atoms with Gasteiger partial charge in [-0.1, -0.05) is 25.5 Å². The summed E-state index contributed by atoms with van der Waals surface area (Å²) in [6.07, 6.45) is 1.61. The summed E-state index contributed by atoms with van der Waals surface area (Å²) in [6.45, 7) is 3.02. The van der Waals surface area contributed by atoms with E-state index in [2.05, 4.69) is 22.2 Å². The number of hydrogen-bond acceptors (Lipinski definition) is 5. The number of fused-ring (bicyclic) bond motifs is 1. The number of nitrogens with one attached hydrogen (secondary N) is 2. The van der Waals surface area contributed by atoms with Crippen LogP contribution in [0.4, 0.5) is 5.95 Å². The highest BCUT2D eigenvalue weighted by molar-refractivity contribution is 5.41. The first-order valence-corrected chi connectivity index (χ1v) is 7.47. The molecule has 116 valence electrons. The first-order valence-electron chi connectivity index (χ1n) is 7.47. The van der Waals surface area contributed by atoms with Crippen molar-refractivity contribution in [3.05, 3.63) is 46.4 Å². The van der Waals surface area contributed by atoms with Crippen molar-refractivity contribution in [3.63, 3.8) is 0 Å². The van der Waals surface area contributed by atoms with Crippen molar-refractivity contribution in [1.29, 1.82) is 0 Å². The molecule has 1 atom stereocenters. The maximum atomic E-state index is 11.6. The van der Waals surface area contributed by atoms with Crippen LogP contribution in [-0.4, -0.2) is 29.2 Å². The number of anilines is 1. The lowest BCUT2D eigenvalue weighted by molar-refractivity contribution is 0.0996. The maximum absolute atomic E-state index is 11.6. The molecule has 0 saturated heterocycles. The molecule has 1 aliphatic heterocycles. The Balaban J connectivity index is 1.63. The number of para-hydroxylation sites is 2. The molecule has 0 bridgehead atoms. The van der Waals surface area contributed by atoms with Crippen LogP contribution in [0.5, 0.6) is 11.5 Å². The zero-order chi connectivity index (χ0) is 15.4. The Morgan fingerprint density at radius 2 is 2.18 bits per heavy atom. The molecule has 0 aliphatic carbocycles. The molecule has 1 aromatic carbocycles. The van der Waals surface area contributed by atoms with Crippen LogP contribution in [0.15, 0.2) is 35.1 Å². The molecule has 6 heteroatoms. The molecule has 1 aliphatic rings. The van der Waals surface area contributed by atoms with Gasteiger partial charge in [-0.3, -0.25) is 9.78 Å². The molecule has 2 N–H and O–H groups in total. The number of benzene rings is 1. The minimum absolute atomic E-state index is 0.130. The summed E-state index contributed by atoms with van der Waals surface area (Å²) < 4.78 is 11.5. The van der Waals surface area contributed by atoms with Crippen LogP contribution in [0.2, 0.25) is 0 Å². The molecular weight excluding hydrogens is 282 g/mol. The lowest BCUT2D eigenvalue weighted by Gasteiger charge is -2.26. The molecule has 22 heavy (non-hydrogen) atoms. The Morgan fingerprint density at radius 1 is 1.36 bits per heavy atom. The summed E-state index contributed by atoms with van der Waals surface area (Å²) >= 11 is 0. The second-order valence-corrected chi connectivity index (χ2v) is 5.21. The molecule has 3 rings (SSSR count). The van der Waals surface area contributed by atoms with Gasteiger partial charge in [0, 0.05) is 11.8 Å². The van der Waals surface area contributed by atoms with Crippen molar-refractivity contribution < 1.29 is 9.47 Å². The van der Waals surface area contributed by atoms with E-state index in [1.807, 2.05) is 24.3 Å². The van der Waals surface area contributed by atoms with Crippen LogP contribution in [0, 0.1) is 0 Å². The normalized spacial score (nSPS) is 16.3. The number of hydrogen-bond donors (Lipinski definition) is 2. The Hall–Kier alpha value is -2.50. The van der Waals surface area contributed by atoms with Crippen molar-refractivity contribution >= 4 is 5.95 Å². The van der Waals surface area contributed by atoms with Crippen LogP contribution >= 0.6 is 0 Å². The third-order valence-corrected chi connectivity index (χ3v) is 3.37. The Kier molecular flexibility index (Phi) is 4.27. The summed E-state index contributed by atoms with van der Waals surface area (Å²) in [5.74, 6) is 1.97. The molecule has 0 saturated carbocycles. The van der Waals surface area contributed by atoms with Crippen LogP contribution < -0.4 is 20.3 Å². The number of rotatable bonds is 5. The first kappa shape index (κ1) is 14.4. The van der Waals surface area contributed by atoms with Gasteiger partial charge in [-0.25, -0.2) is 4.98 Å². The molecule has 1 unspecified atom stereocenters. The topological polar surface area (TPSA) is 76.2 Å². The molecule has 0 fully saturated rings. The summed E-state index contributed by atoms with van der Waals surface area (Å²) in [5, 5.41) is 3.11. The van der Waals surface area contributed by atoms with Crippen LogP contribution in [0.1, 0.15) is 19.0 Å². The molecule has 2 aromatic rings. The largest absolute Gasteiger partial charge is 0.486 e. The van der Waals surface area contributed by atoms with Crippen molar-refractivity contribution in [2.75, 3.05) is 18.5 Å². The van der Waals surface area contributed by atoms with Crippen molar-refractivity contribution in [2.45, 2.75) is 25.9 Å². The third kappa shape index (κ3) is 3.39. The summed E-state index contributed by atoms with van der Waals surface area (Å²) in [5.41, 5.74) is 0.645. The Morgan fingerprint density at radius 3 is 3.00 bits per heavy atom. The van der Waals surface area contributed by atoms with Crippen LogP contribution in [-0.2, 0) is 6.42 Å². The average Bonchev–Trinajstić information content (AvgIpc) is 2.52. The maximum Gasteiger partial charge on any atom is 0.252 e. The molecular formula is C16H19N3O3. The van der Waals surface area contributed by atoms with Crippen molar-refractivity contribution in [2.24, 2.45) is 0 Å². The van der Waals surface area contributed by atoms with Gasteiger partial charge in [0.1, 0.15) is 12.7 Å². The van der Waals surface area contributed by atoms with Crippen LogP contribution in [0.3, 0.4) is 0 Å². The molecule has 0 amide bonds. The fourth-order valence-electron chi connectivity index (χ4n) is 2.35. The van der Waals surface area contributed by atoms with E-state index in [1.165, 1.54) is 6.07 Å². The SMILES string of the molecule is CCCc1cc(=O)[nH]c(NCC2COc3ccccc3O2)n1. The monoisotopic (exact) mass is 301 g/mol. The number of nitrogens with zero attached hydrogens (tertiary/aromatic N) is 1. The van der Waals surface area contributed by atoms with Gasteiger partial charge in [0.2, 0.25) is 5.95 Å². The lowest BCUT2D eigenvalue weighted by atomic mass is 10.2. The Labute approximate surface area is 128 Å². The quantitative estimate of drug-likeness (QED) is 0.883. The zero-order valence-electron chi connectivity index (χ0n) is 12.5. The average molecular weight is 301 g/mol. The second-order valence-electron chi connectivity index (χ2n) is 5.21. The van der Waals surface area contributed by atoms with E-state index in [4.69, 9.17) is 9.47 Å². The van der Waals surface area contributed by atoms with Gasteiger partial charge >= 0.3 is 0 Å². The van der Waals surface area contributed by atoms with Crippen LogP contribution in [0.25, 0.3) is 0 Å². The second kappa shape index (κ2) is 6.51. The number of ether oxygens (including phenoxy) is 2. The van der Waals surface area contributed by atoms with Gasteiger partial charge in [-0.15, -0.1) is 0 Å². The minimum atomic E-state index is -0.146. The number of aryl methyl sites for hydroxylation is 1. The van der Waals surface area contributed by atoms with Gasteiger partial charge in [-0.2, -0.15) is 0 Å². The molecule has 6 nitrogen and oxygen atoms in total. The van der Waals surface area contributed by atoms with E-state index >= 15 is 0 Å². The summed E-state index contributed by atoms with van der Waals surface area (Å²) in [7, 11) is 0. The van der Waals surface area contributed by atoms with Gasteiger partial charge in [0.05, 0.1) is 6.54 Å². The molecule has 0 radical (unpaired) electrons. The highest BCUT2D eigenvalue weighted by atomic mass is 16.6. The zero-order valence-corrected chi connectivity index (χ0v) is 12.5. The van der Waals surface area contributed by atoms with E-state index in [-0.39, 0.29) is 11.7 Å². The van der Waals surface area contributed by atoms with E-state index in [0.717, 1.165) is 30.0 Å². The van der Waals surface area contributed by atoms with E-state index < -0.39 is 0 Å². The number of H-pyrrole nitrogens is 1. The standard InChI is InChI=1S/C16H19N3O3/c1-2-5-11-8-15(20)19-16(18-11)17-9-12-10-21-13-6-3-4-7-14(13)22-12/h3-4,6-8,12H,2,5,9-10H2,1H3,(H2,17,18,19,20). The molecule has 2 heterocycles. The summed E-state index contributed by atoms with van der Waals surface area (Å²) in [4.78, 5) is 18.7. The number of aromatic amines is 1. The summed E-state index contributed by atoms with van der Waals surface area (Å²) in [6, 6.07) is 9.11. The fraction of sp³-hybridized carbons (Fsp3) is 0.375. The molecule has 0 spiro atoms. The molecule has 1 aromatic heterocycles. The number of aromatic nitrogens is 2. The minimum Gasteiger partial charge on any atom is -0.486 e. The predicted molar refractivity (Wildman–Crippen MR) is 83.7 cm³/mol. The van der Waals surface area contributed by atoms with Gasteiger partial charge in [0.25, 0.3) is 5.56 Å². The van der Waals surface area contributed by atoms with E-state index in [1.54, 1.807) is 0 Å². The van der Waals surface area contributed by atoms with Gasteiger partial charge in [0.15, 0.2) is 11.5 Å². The van der Waals surface area contributed by atoms with E-state index in [9.17, 15) is 4.79 Å².